The summed E-state index contributed by atoms with van der Waals surface area (Å²) in [5, 5.41) is 2.90. The second kappa shape index (κ2) is 6.57. The average molecular weight is 365 g/mol. The van der Waals surface area contributed by atoms with E-state index >= 15 is 0 Å². The number of ether oxygens (including phenoxy) is 1. The lowest BCUT2D eigenvalue weighted by Gasteiger charge is -2.32. The zero-order chi connectivity index (χ0) is 19.2. The minimum absolute atomic E-state index is 0.0615. The third-order valence-corrected chi connectivity index (χ3v) is 6.15. The quantitative estimate of drug-likeness (QED) is 0.896. The van der Waals surface area contributed by atoms with E-state index < -0.39 is 6.09 Å². The van der Waals surface area contributed by atoms with Crippen molar-refractivity contribution in [2.24, 2.45) is 0 Å². The van der Waals surface area contributed by atoms with Crippen LogP contribution >= 0.6 is 0 Å². The second-order valence-corrected chi connectivity index (χ2v) is 7.98. The van der Waals surface area contributed by atoms with Gasteiger partial charge in [-0.1, -0.05) is 37.3 Å². The van der Waals surface area contributed by atoms with Crippen LogP contribution in [0.1, 0.15) is 37.4 Å². The lowest BCUT2D eigenvalue weighted by Crippen LogP contribution is -2.45. The molecular weight excluding hydrogens is 338 g/mol. The Morgan fingerprint density at radius 1 is 1.22 bits per heavy atom. The Morgan fingerprint density at radius 2 is 1.96 bits per heavy atom. The Bertz CT molecular complexity index is 854. The van der Waals surface area contributed by atoms with Crippen LogP contribution < -0.4 is 15.0 Å². The van der Waals surface area contributed by atoms with Crippen molar-refractivity contribution in [1.82, 2.24) is 10.2 Å². The van der Waals surface area contributed by atoms with Crippen molar-refractivity contribution >= 4 is 11.8 Å². The molecule has 5 nitrogen and oxygen atoms in total. The van der Waals surface area contributed by atoms with Gasteiger partial charge >= 0.3 is 6.09 Å². The van der Waals surface area contributed by atoms with Crippen LogP contribution in [0.5, 0.6) is 5.75 Å². The van der Waals surface area contributed by atoms with E-state index in [9.17, 15) is 4.79 Å². The number of carbonyl (C=O) groups is 1. The number of amides is 1. The standard InChI is InChI=1S/C22H27N3O2/c1-15(16-8-6-5-7-9-16)23-21(26)27-17-10-11-19-18(14-17)22(2)12-13-24(3)20(22)25(19)4/h5-11,14-15,20H,12-13H2,1-4H3,(H,23,26)/t15-,20-,22+/m1/s1. The first-order valence-corrected chi connectivity index (χ1v) is 9.51. The van der Waals surface area contributed by atoms with Crippen LogP contribution in [0.4, 0.5) is 10.5 Å². The molecular formula is C22H27N3O2. The smallest absolute Gasteiger partial charge is 0.410 e. The molecule has 2 aromatic rings. The van der Waals surface area contributed by atoms with E-state index in [1.807, 2.05) is 49.4 Å². The molecule has 1 fully saturated rings. The van der Waals surface area contributed by atoms with Gasteiger partial charge in [-0.05, 0) is 49.7 Å². The zero-order valence-corrected chi connectivity index (χ0v) is 16.4. The Hall–Kier alpha value is -2.53. The summed E-state index contributed by atoms with van der Waals surface area (Å²) >= 11 is 0. The third-order valence-electron chi connectivity index (χ3n) is 6.15. The van der Waals surface area contributed by atoms with Crippen molar-refractivity contribution < 1.29 is 9.53 Å². The first kappa shape index (κ1) is 17.9. The minimum atomic E-state index is -0.428. The number of benzene rings is 2. The summed E-state index contributed by atoms with van der Waals surface area (Å²) in [5.74, 6) is 0.594. The molecule has 2 heterocycles. The van der Waals surface area contributed by atoms with Gasteiger partial charge in [0, 0.05) is 24.7 Å². The normalized spacial score (nSPS) is 25.0. The zero-order valence-electron chi connectivity index (χ0n) is 16.4. The molecule has 0 aromatic heterocycles. The third kappa shape index (κ3) is 2.96. The number of fused-ring (bicyclic) bond motifs is 3. The molecule has 1 N–H and O–H groups in total. The van der Waals surface area contributed by atoms with E-state index in [0.29, 0.717) is 11.9 Å². The van der Waals surface area contributed by atoms with Crippen LogP contribution in [-0.4, -0.2) is 37.8 Å². The van der Waals surface area contributed by atoms with Crippen molar-refractivity contribution in [3.05, 3.63) is 59.7 Å². The number of carbonyl (C=O) groups excluding carboxylic acids is 1. The van der Waals surface area contributed by atoms with Gasteiger partial charge < -0.3 is 15.0 Å². The van der Waals surface area contributed by atoms with Gasteiger partial charge in [0.2, 0.25) is 0 Å². The summed E-state index contributed by atoms with van der Waals surface area (Å²) in [4.78, 5) is 17.1. The van der Waals surface area contributed by atoms with Crippen molar-refractivity contribution in [3.63, 3.8) is 0 Å². The number of hydrogen-bond donors (Lipinski definition) is 1. The van der Waals surface area contributed by atoms with E-state index in [2.05, 4.69) is 42.2 Å². The number of rotatable bonds is 3. The lowest BCUT2D eigenvalue weighted by atomic mass is 9.81. The highest BCUT2D eigenvalue weighted by molar-refractivity contribution is 5.73. The molecule has 5 heteroatoms. The fraction of sp³-hybridized carbons (Fsp3) is 0.409. The average Bonchev–Trinajstić information content (AvgIpc) is 3.08. The van der Waals surface area contributed by atoms with Gasteiger partial charge in [0.15, 0.2) is 0 Å². The Morgan fingerprint density at radius 3 is 2.70 bits per heavy atom. The van der Waals surface area contributed by atoms with Crippen molar-refractivity contribution in [2.45, 2.75) is 37.9 Å². The minimum Gasteiger partial charge on any atom is -0.410 e. The molecule has 0 radical (unpaired) electrons. The molecule has 1 saturated heterocycles. The van der Waals surface area contributed by atoms with Crippen LogP contribution in [-0.2, 0) is 5.41 Å². The number of nitrogens with one attached hydrogen (secondary N) is 1. The highest BCUT2D eigenvalue weighted by Gasteiger charge is 2.52. The first-order chi connectivity index (χ1) is 12.9. The van der Waals surface area contributed by atoms with Crippen LogP contribution in [0, 0.1) is 0 Å². The van der Waals surface area contributed by atoms with Crippen molar-refractivity contribution in [1.29, 1.82) is 0 Å². The molecule has 0 bridgehead atoms. The molecule has 0 aliphatic carbocycles. The monoisotopic (exact) mass is 365 g/mol. The Balaban J connectivity index is 1.50. The highest BCUT2D eigenvalue weighted by atomic mass is 16.6. The predicted octanol–water partition coefficient (Wildman–Crippen LogP) is 3.91. The number of likely N-dealkylation sites (tertiary alicyclic amines) is 1. The number of nitrogens with zero attached hydrogens (tertiary/aromatic N) is 2. The van der Waals surface area contributed by atoms with Crippen molar-refractivity contribution in [3.8, 4) is 5.75 Å². The Kier molecular flexibility index (Phi) is 4.35. The molecule has 0 unspecified atom stereocenters. The maximum Gasteiger partial charge on any atom is 0.413 e. The predicted molar refractivity (Wildman–Crippen MR) is 107 cm³/mol. The summed E-state index contributed by atoms with van der Waals surface area (Å²) in [7, 11) is 4.32. The molecule has 27 heavy (non-hydrogen) atoms. The maximum absolute atomic E-state index is 12.4. The molecule has 1 amide bonds. The van der Waals surface area contributed by atoms with Gasteiger partial charge in [0.1, 0.15) is 5.75 Å². The highest BCUT2D eigenvalue weighted by Crippen LogP contribution is 2.51. The van der Waals surface area contributed by atoms with E-state index in [1.54, 1.807) is 0 Å². The topological polar surface area (TPSA) is 44.8 Å². The van der Waals surface area contributed by atoms with Gasteiger partial charge in [-0.3, -0.25) is 4.90 Å². The number of likely N-dealkylation sites (N-methyl/N-ethyl adjacent to an activating group) is 2. The van der Waals surface area contributed by atoms with E-state index in [0.717, 1.165) is 18.5 Å². The molecule has 142 valence electrons. The SMILES string of the molecule is C[C@@H](NC(=O)Oc1ccc2c(c1)[C@]1(C)CCN(C)[C@@H]1N2C)c1ccccc1. The summed E-state index contributed by atoms with van der Waals surface area (Å²) in [6, 6.07) is 15.8. The van der Waals surface area contributed by atoms with Gasteiger partial charge in [0.25, 0.3) is 0 Å². The van der Waals surface area contributed by atoms with Crippen LogP contribution in [0.15, 0.2) is 48.5 Å². The molecule has 2 aromatic carbocycles. The van der Waals surface area contributed by atoms with Crippen LogP contribution in [0.3, 0.4) is 0 Å². The van der Waals surface area contributed by atoms with E-state index in [1.165, 1.54) is 11.3 Å². The molecule has 2 aliphatic rings. The fourth-order valence-corrected chi connectivity index (χ4v) is 4.76. The summed E-state index contributed by atoms with van der Waals surface area (Å²) < 4.78 is 5.61. The molecule has 3 atom stereocenters. The van der Waals surface area contributed by atoms with Gasteiger partial charge in [-0.2, -0.15) is 0 Å². The molecule has 4 rings (SSSR count). The van der Waals surface area contributed by atoms with Gasteiger partial charge in [-0.15, -0.1) is 0 Å². The first-order valence-electron chi connectivity index (χ1n) is 9.51. The number of anilines is 1. The Labute approximate surface area is 160 Å². The summed E-state index contributed by atoms with van der Waals surface area (Å²) in [6.07, 6.45) is 1.03. The molecule has 2 aliphatic heterocycles. The second-order valence-electron chi connectivity index (χ2n) is 7.98. The fourth-order valence-electron chi connectivity index (χ4n) is 4.76. The lowest BCUT2D eigenvalue weighted by molar-refractivity contribution is 0.197. The van der Waals surface area contributed by atoms with Gasteiger partial charge in [-0.25, -0.2) is 4.79 Å². The van der Waals surface area contributed by atoms with Crippen LogP contribution in [0.2, 0.25) is 0 Å². The van der Waals surface area contributed by atoms with Crippen LogP contribution in [0.25, 0.3) is 0 Å². The van der Waals surface area contributed by atoms with Crippen molar-refractivity contribution in [2.75, 3.05) is 25.5 Å². The summed E-state index contributed by atoms with van der Waals surface area (Å²) in [6.45, 7) is 5.34. The van der Waals surface area contributed by atoms with E-state index in [-0.39, 0.29) is 11.5 Å². The largest absolute Gasteiger partial charge is 0.413 e. The molecule has 0 spiro atoms. The van der Waals surface area contributed by atoms with E-state index in [4.69, 9.17) is 4.74 Å². The molecule has 0 saturated carbocycles. The summed E-state index contributed by atoms with van der Waals surface area (Å²) in [5.41, 5.74) is 3.60. The maximum atomic E-state index is 12.4. The van der Waals surface area contributed by atoms with Gasteiger partial charge in [0.05, 0.1) is 12.2 Å². The number of hydrogen-bond acceptors (Lipinski definition) is 4.